The molecule has 4 heterocycles. The summed E-state index contributed by atoms with van der Waals surface area (Å²) >= 11 is 0. The van der Waals surface area contributed by atoms with Crippen LogP contribution in [0.1, 0.15) is 49.1 Å². The molecule has 1 amide bonds. The zero-order chi connectivity index (χ0) is 17.6. The van der Waals surface area contributed by atoms with Crippen LogP contribution in [0.25, 0.3) is 5.65 Å². The van der Waals surface area contributed by atoms with Gasteiger partial charge in [-0.1, -0.05) is 6.92 Å². The number of fused-ring (bicyclic) bond motifs is 1. The minimum absolute atomic E-state index is 0.0875. The summed E-state index contributed by atoms with van der Waals surface area (Å²) in [5.41, 5.74) is 3.47. The van der Waals surface area contributed by atoms with Crippen LogP contribution < -0.4 is 5.56 Å². The second-order valence-electron chi connectivity index (χ2n) is 7.02. The number of aryl methyl sites for hydroxylation is 2. The van der Waals surface area contributed by atoms with Gasteiger partial charge in [0.15, 0.2) is 5.65 Å². The van der Waals surface area contributed by atoms with Gasteiger partial charge in [0.05, 0.1) is 5.69 Å². The number of carbonyl (C=O) groups is 1. The zero-order valence-electron chi connectivity index (χ0n) is 14.7. The Kier molecular flexibility index (Phi) is 4.11. The van der Waals surface area contributed by atoms with E-state index in [1.54, 1.807) is 6.07 Å². The number of aromatic amines is 1. The number of nitrogens with one attached hydrogen (secondary N) is 1. The summed E-state index contributed by atoms with van der Waals surface area (Å²) in [5.74, 6) is 0.201. The molecule has 0 unspecified atom stereocenters. The highest BCUT2D eigenvalue weighted by atomic mass is 16.5. The first-order valence-electron chi connectivity index (χ1n) is 9.10. The topological polar surface area (TPSA) is 79.7 Å². The fraction of sp³-hybridized carbons (Fsp3) is 0.611. The van der Waals surface area contributed by atoms with E-state index >= 15 is 0 Å². The van der Waals surface area contributed by atoms with Gasteiger partial charge in [-0.25, -0.2) is 9.50 Å². The van der Waals surface area contributed by atoms with Crippen molar-refractivity contribution in [1.29, 1.82) is 0 Å². The van der Waals surface area contributed by atoms with Crippen molar-refractivity contribution in [1.82, 2.24) is 19.5 Å². The highest BCUT2D eigenvalue weighted by molar-refractivity contribution is 5.81. The van der Waals surface area contributed by atoms with Crippen molar-refractivity contribution in [3.05, 3.63) is 33.4 Å². The molecule has 1 N–H and O–H groups in total. The monoisotopic (exact) mass is 344 g/mol. The van der Waals surface area contributed by atoms with E-state index < -0.39 is 0 Å². The maximum Gasteiger partial charge on any atom is 0.272 e. The molecule has 0 bridgehead atoms. The summed E-state index contributed by atoms with van der Waals surface area (Å²) in [4.78, 5) is 31.6. The summed E-state index contributed by atoms with van der Waals surface area (Å²) < 4.78 is 7.03. The fourth-order valence-electron chi connectivity index (χ4n) is 4.02. The number of carbonyl (C=O) groups excluding carboxylic acids is 1. The third-order valence-electron chi connectivity index (χ3n) is 5.42. The summed E-state index contributed by atoms with van der Waals surface area (Å²) in [5, 5.41) is 3.09. The largest absolute Gasteiger partial charge is 0.368 e. The number of aromatic nitrogens is 3. The van der Waals surface area contributed by atoms with E-state index in [2.05, 4.69) is 12.0 Å². The van der Waals surface area contributed by atoms with Gasteiger partial charge in [-0.2, -0.15) is 0 Å². The van der Waals surface area contributed by atoms with Gasteiger partial charge in [0.25, 0.3) is 11.5 Å². The molecule has 2 aromatic rings. The van der Waals surface area contributed by atoms with Crippen LogP contribution in [0.4, 0.5) is 0 Å². The van der Waals surface area contributed by atoms with Crippen molar-refractivity contribution in [2.24, 2.45) is 0 Å². The van der Waals surface area contributed by atoms with Crippen LogP contribution in [0.15, 0.2) is 10.9 Å². The maximum atomic E-state index is 12.5. The Balaban J connectivity index is 1.60. The van der Waals surface area contributed by atoms with Gasteiger partial charge < -0.3 is 9.64 Å². The summed E-state index contributed by atoms with van der Waals surface area (Å²) in [6, 6.07) is 1.60. The number of amides is 1. The van der Waals surface area contributed by atoms with Gasteiger partial charge in [0.2, 0.25) is 0 Å². The minimum atomic E-state index is -0.279. The molecule has 2 atom stereocenters. The lowest BCUT2D eigenvalue weighted by Crippen LogP contribution is -2.37. The normalized spacial score (nSPS) is 23.7. The smallest absolute Gasteiger partial charge is 0.272 e. The molecule has 7 nitrogen and oxygen atoms in total. The minimum Gasteiger partial charge on any atom is -0.368 e. The fourth-order valence-corrected chi connectivity index (χ4v) is 4.02. The van der Waals surface area contributed by atoms with Crippen molar-refractivity contribution in [2.45, 2.75) is 51.6 Å². The van der Waals surface area contributed by atoms with Crippen molar-refractivity contribution >= 4 is 11.6 Å². The average molecular weight is 344 g/mol. The molecular weight excluding hydrogens is 320 g/mol. The number of hydrogen-bond donors (Lipinski definition) is 1. The van der Waals surface area contributed by atoms with Crippen molar-refractivity contribution in [3.8, 4) is 0 Å². The first-order chi connectivity index (χ1) is 12.1. The number of hydrogen-bond acceptors (Lipinski definition) is 4. The first kappa shape index (κ1) is 16.3. The quantitative estimate of drug-likeness (QED) is 0.912. The summed E-state index contributed by atoms with van der Waals surface area (Å²) in [6.45, 7) is 6.02. The Morgan fingerprint density at radius 1 is 1.44 bits per heavy atom. The molecule has 2 fully saturated rings. The SMILES string of the molecule is CCc1c(C)[nH]n2c(=O)cc([C@H]3CCN(C(=O)[C@H]4CCCO4)C3)nc12. The predicted octanol–water partition coefficient (Wildman–Crippen LogP) is 1.39. The molecule has 25 heavy (non-hydrogen) atoms. The van der Waals surface area contributed by atoms with Gasteiger partial charge in [0, 0.05) is 42.9 Å². The van der Waals surface area contributed by atoms with Crippen molar-refractivity contribution in [3.63, 3.8) is 0 Å². The molecule has 0 spiro atoms. The second kappa shape index (κ2) is 6.29. The summed E-state index contributed by atoms with van der Waals surface area (Å²) in [6.07, 6.45) is 3.15. The second-order valence-corrected chi connectivity index (χ2v) is 7.02. The third kappa shape index (κ3) is 2.76. The van der Waals surface area contributed by atoms with Crippen LogP contribution in [-0.4, -0.2) is 51.2 Å². The standard InChI is InChI=1S/C18H24N4O3/c1-3-13-11(2)20-22-16(23)9-14(19-17(13)22)12-6-7-21(10-12)18(24)15-5-4-8-25-15/h9,12,15,20H,3-8,10H2,1-2H3/t12-,15+/m0/s1. The third-order valence-corrected chi connectivity index (χ3v) is 5.42. The number of rotatable bonds is 3. The Labute approximate surface area is 146 Å². The van der Waals surface area contributed by atoms with E-state index in [0.717, 1.165) is 42.6 Å². The van der Waals surface area contributed by atoms with Gasteiger partial charge >= 0.3 is 0 Å². The lowest BCUT2D eigenvalue weighted by Gasteiger charge is -2.20. The van der Waals surface area contributed by atoms with Crippen molar-refractivity contribution < 1.29 is 9.53 Å². The van der Waals surface area contributed by atoms with Crippen LogP contribution >= 0.6 is 0 Å². The molecule has 134 valence electrons. The van der Waals surface area contributed by atoms with Crippen molar-refractivity contribution in [2.75, 3.05) is 19.7 Å². The lowest BCUT2D eigenvalue weighted by atomic mass is 10.0. The Bertz CT molecular complexity index is 863. The molecule has 2 aromatic heterocycles. The van der Waals surface area contributed by atoms with Gasteiger partial charge in [-0.05, 0) is 32.6 Å². The summed E-state index contributed by atoms with van der Waals surface area (Å²) in [7, 11) is 0. The maximum absolute atomic E-state index is 12.5. The molecule has 0 aromatic carbocycles. The zero-order valence-corrected chi connectivity index (χ0v) is 14.7. The molecule has 0 radical (unpaired) electrons. The molecule has 7 heteroatoms. The highest BCUT2D eigenvalue weighted by Gasteiger charge is 2.34. The van der Waals surface area contributed by atoms with Crippen LogP contribution in [0.5, 0.6) is 0 Å². The van der Waals surface area contributed by atoms with Gasteiger partial charge in [-0.3, -0.25) is 14.7 Å². The number of ether oxygens (including phenoxy) is 1. The van der Waals surface area contributed by atoms with Crippen LogP contribution in [-0.2, 0) is 16.0 Å². The average Bonchev–Trinajstić information content (AvgIpc) is 3.33. The van der Waals surface area contributed by atoms with Gasteiger partial charge in [0.1, 0.15) is 6.10 Å². The highest BCUT2D eigenvalue weighted by Crippen LogP contribution is 2.28. The first-order valence-corrected chi connectivity index (χ1v) is 9.10. The van der Waals surface area contributed by atoms with E-state index in [4.69, 9.17) is 9.72 Å². The molecular formula is C18H24N4O3. The molecule has 0 saturated carbocycles. The molecule has 2 aliphatic rings. The van der Waals surface area contributed by atoms with E-state index in [1.165, 1.54) is 4.52 Å². The van der Waals surface area contributed by atoms with E-state index in [9.17, 15) is 9.59 Å². The molecule has 0 aliphatic carbocycles. The number of nitrogens with zero attached hydrogens (tertiary/aromatic N) is 3. The van der Waals surface area contributed by atoms with Gasteiger partial charge in [-0.15, -0.1) is 0 Å². The lowest BCUT2D eigenvalue weighted by molar-refractivity contribution is -0.139. The Hall–Kier alpha value is -2.15. The van der Waals surface area contributed by atoms with E-state index in [1.807, 2.05) is 11.8 Å². The Morgan fingerprint density at radius 2 is 2.28 bits per heavy atom. The van der Waals surface area contributed by atoms with Crippen LogP contribution in [0, 0.1) is 6.92 Å². The van der Waals surface area contributed by atoms with Crippen LogP contribution in [0.3, 0.4) is 0 Å². The molecule has 4 rings (SSSR count). The number of likely N-dealkylation sites (tertiary alicyclic amines) is 1. The van der Waals surface area contributed by atoms with E-state index in [-0.39, 0.29) is 23.5 Å². The Morgan fingerprint density at radius 3 is 3.00 bits per heavy atom. The predicted molar refractivity (Wildman–Crippen MR) is 92.8 cm³/mol. The van der Waals surface area contributed by atoms with Crippen LogP contribution in [0.2, 0.25) is 0 Å². The molecule has 2 saturated heterocycles. The number of H-pyrrole nitrogens is 1. The molecule has 2 aliphatic heterocycles. The van der Waals surface area contributed by atoms with E-state index in [0.29, 0.717) is 25.3 Å².